The molecular weight excluding hydrogens is 232 g/mol. The van der Waals surface area contributed by atoms with Crippen LogP contribution in [-0.4, -0.2) is 29.7 Å². The van der Waals surface area contributed by atoms with Gasteiger partial charge in [-0.1, -0.05) is 34.1 Å². The Kier molecular flexibility index (Phi) is 6.73. The SMILES string of the molecule is CCC(CNC(=O)NC(C)C(C)(C)C)CC(=O)O. The molecular formula is C13H26N2O3. The van der Waals surface area contributed by atoms with Gasteiger partial charge in [-0.3, -0.25) is 4.79 Å². The lowest BCUT2D eigenvalue weighted by molar-refractivity contribution is -0.138. The number of aliphatic carboxylic acids is 1. The highest BCUT2D eigenvalue weighted by atomic mass is 16.4. The van der Waals surface area contributed by atoms with Crippen molar-refractivity contribution in [1.82, 2.24) is 10.6 Å². The quantitative estimate of drug-likeness (QED) is 0.683. The predicted molar refractivity (Wildman–Crippen MR) is 71.5 cm³/mol. The Morgan fingerprint density at radius 2 is 1.83 bits per heavy atom. The van der Waals surface area contributed by atoms with Crippen LogP contribution in [0.5, 0.6) is 0 Å². The molecule has 0 aromatic rings. The lowest BCUT2D eigenvalue weighted by Crippen LogP contribution is -2.47. The molecule has 0 aliphatic carbocycles. The van der Waals surface area contributed by atoms with Gasteiger partial charge in [-0.05, 0) is 18.3 Å². The number of urea groups is 1. The third-order valence-corrected chi connectivity index (χ3v) is 3.24. The van der Waals surface area contributed by atoms with Crippen LogP contribution in [0.25, 0.3) is 0 Å². The summed E-state index contributed by atoms with van der Waals surface area (Å²) in [5, 5.41) is 14.3. The Bertz CT molecular complexity index is 284. The van der Waals surface area contributed by atoms with Crippen molar-refractivity contribution in [2.75, 3.05) is 6.54 Å². The van der Waals surface area contributed by atoms with Gasteiger partial charge in [0.25, 0.3) is 0 Å². The summed E-state index contributed by atoms with van der Waals surface area (Å²) in [4.78, 5) is 22.2. The van der Waals surface area contributed by atoms with Crippen molar-refractivity contribution in [2.24, 2.45) is 11.3 Å². The van der Waals surface area contributed by atoms with Crippen LogP contribution in [0, 0.1) is 11.3 Å². The summed E-state index contributed by atoms with van der Waals surface area (Å²) in [6, 6.07) is -0.182. The lowest BCUT2D eigenvalue weighted by atomic mass is 9.88. The van der Waals surface area contributed by atoms with Gasteiger partial charge in [0.05, 0.1) is 0 Å². The maximum Gasteiger partial charge on any atom is 0.315 e. The number of nitrogens with one attached hydrogen (secondary N) is 2. The predicted octanol–water partition coefficient (Wildman–Crippen LogP) is 2.22. The van der Waals surface area contributed by atoms with Crippen molar-refractivity contribution >= 4 is 12.0 Å². The van der Waals surface area contributed by atoms with Gasteiger partial charge in [-0.2, -0.15) is 0 Å². The zero-order valence-corrected chi connectivity index (χ0v) is 12.0. The molecule has 0 aliphatic heterocycles. The zero-order valence-electron chi connectivity index (χ0n) is 12.0. The Morgan fingerprint density at radius 1 is 1.28 bits per heavy atom. The largest absolute Gasteiger partial charge is 0.481 e. The summed E-state index contributed by atoms with van der Waals surface area (Å²) in [7, 11) is 0. The minimum absolute atomic E-state index is 0.00254. The van der Waals surface area contributed by atoms with Crippen LogP contribution in [0.3, 0.4) is 0 Å². The number of rotatable bonds is 6. The molecule has 5 heteroatoms. The summed E-state index contributed by atoms with van der Waals surface area (Å²) in [6.07, 6.45) is 0.826. The van der Waals surface area contributed by atoms with Crippen molar-refractivity contribution in [3.05, 3.63) is 0 Å². The van der Waals surface area contributed by atoms with Crippen molar-refractivity contribution in [3.8, 4) is 0 Å². The molecule has 0 radical (unpaired) electrons. The average Bonchev–Trinajstić information content (AvgIpc) is 2.22. The van der Waals surface area contributed by atoms with Gasteiger partial charge >= 0.3 is 12.0 Å². The summed E-state index contributed by atoms with van der Waals surface area (Å²) >= 11 is 0. The highest BCUT2D eigenvalue weighted by Gasteiger charge is 2.21. The molecule has 0 aromatic carbocycles. The van der Waals surface area contributed by atoms with E-state index < -0.39 is 5.97 Å². The van der Waals surface area contributed by atoms with Gasteiger partial charge in [-0.15, -0.1) is 0 Å². The fraction of sp³-hybridized carbons (Fsp3) is 0.846. The van der Waals surface area contributed by atoms with Crippen molar-refractivity contribution in [2.45, 2.75) is 53.5 Å². The normalized spacial score (nSPS) is 14.7. The Hall–Kier alpha value is -1.26. The lowest BCUT2D eigenvalue weighted by Gasteiger charge is -2.28. The van der Waals surface area contributed by atoms with E-state index in [4.69, 9.17) is 5.11 Å². The van der Waals surface area contributed by atoms with E-state index in [9.17, 15) is 9.59 Å². The molecule has 3 N–H and O–H groups in total. The van der Waals surface area contributed by atoms with E-state index in [2.05, 4.69) is 31.4 Å². The maximum atomic E-state index is 11.6. The zero-order chi connectivity index (χ0) is 14.3. The molecule has 0 spiro atoms. The third kappa shape index (κ3) is 7.14. The van der Waals surface area contributed by atoms with E-state index in [0.717, 1.165) is 6.42 Å². The van der Waals surface area contributed by atoms with E-state index in [1.54, 1.807) is 0 Å². The summed E-state index contributed by atoms with van der Waals surface area (Å²) < 4.78 is 0. The summed E-state index contributed by atoms with van der Waals surface area (Å²) in [5.41, 5.74) is 0.00254. The number of hydrogen-bond acceptors (Lipinski definition) is 2. The van der Waals surface area contributed by atoms with Gasteiger partial charge in [-0.25, -0.2) is 4.79 Å². The van der Waals surface area contributed by atoms with Gasteiger partial charge in [0.1, 0.15) is 0 Å². The summed E-state index contributed by atoms with van der Waals surface area (Å²) in [6.45, 7) is 10.4. The number of carboxylic acid groups (broad SMARTS) is 1. The molecule has 2 unspecified atom stereocenters. The average molecular weight is 258 g/mol. The van der Waals surface area contributed by atoms with E-state index >= 15 is 0 Å². The molecule has 2 atom stereocenters. The molecule has 0 aromatic heterocycles. The number of amides is 2. The molecule has 0 saturated carbocycles. The Labute approximate surface area is 109 Å². The first-order chi connectivity index (χ1) is 8.16. The van der Waals surface area contributed by atoms with Gasteiger partial charge < -0.3 is 15.7 Å². The molecule has 0 rings (SSSR count). The first-order valence-corrected chi connectivity index (χ1v) is 6.43. The van der Waals surface area contributed by atoms with Gasteiger partial charge in [0, 0.05) is 19.0 Å². The maximum absolute atomic E-state index is 11.6. The molecule has 0 fully saturated rings. The van der Waals surface area contributed by atoms with E-state index in [1.165, 1.54) is 0 Å². The van der Waals surface area contributed by atoms with Crippen molar-refractivity contribution in [3.63, 3.8) is 0 Å². The fourth-order valence-corrected chi connectivity index (χ4v) is 1.31. The topological polar surface area (TPSA) is 78.4 Å². The molecule has 0 saturated heterocycles. The molecule has 0 aliphatic rings. The number of hydrogen-bond donors (Lipinski definition) is 3. The van der Waals surface area contributed by atoms with Crippen molar-refractivity contribution in [1.29, 1.82) is 0 Å². The van der Waals surface area contributed by atoms with Crippen LogP contribution < -0.4 is 10.6 Å². The minimum Gasteiger partial charge on any atom is -0.481 e. The van der Waals surface area contributed by atoms with Crippen LogP contribution in [0.15, 0.2) is 0 Å². The van der Waals surface area contributed by atoms with Crippen LogP contribution in [0.1, 0.15) is 47.5 Å². The molecule has 2 amide bonds. The standard InChI is InChI=1S/C13H26N2O3/c1-6-10(7-11(16)17)8-14-12(18)15-9(2)13(3,4)5/h9-10H,6-8H2,1-5H3,(H,16,17)(H2,14,15,18). The second kappa shape index (κ2) is 7.24. The van der Waals surface area contributed by atoms with Crippen LogP contribution in [-0.2, 0) is 4.79 Å². The number of carbonyl (C=O) groups is 2. The Balaban J connectivity index is 4.06. The molecule has 0 heterocycles. The Morgan fingerprint density at radius 3 is 2.22 bits per heavy atom. The smallest absolute Gasteiger partial charge is 0.315 e. The first-order valence-electron chi connectivity index (χ1n) is 6.43. The molecule has 106 valence electrons. The molecule has 0 bridgehead atoms. The summed E-state index contributed by atoms with van der Waals surface area (Å²) in [5.74, 6) is -0.842. The van der Waals surface area contributed by atoms with Crippen LogP contribution >= 0.6 is 0 Å². The van der Waals surface area contributed by atoms with E-state index in [-0.39, 0.29) is 29.8 Å². The first kappa shape index (κ1) is 16.7. The van der Waals surface area contributed by atoms with E-state index in [1.807, 2.05) is 13.8 Å². The third-order valence-electron chi connectivity index (χ3n) is 3.24. The van der Waals surface area contributed by atoms with Gasteiger partial charge in [0.2, 0.25) is 0 Å². The minimum atomic E-state index is -0.827. The van der Waals surface area contributed by atoms with E-state index in [0.29, 0.717) is 6.54 Å². The van der Waals surface area contributed by atoms with Crippen LogP contribution in [0.2, 0.25) is 0 Å². The number of carboxylic acids is 1. The fourth-order valence-electron chi connectivity index (χ4n) is 1.31. The molecule has 5 nitrogen and oxygen atoms in total. The molecule has 18 heavy (non-hydrogen) atoms. The highest BCUT2D eigenvalue weighted by Crippen LogP contribution is 2.18. The van der Waals surface area contributed by atoms with Crippen LogP contribution in [0.4, 0.5) is 4.79 Å². The second-order valence-electron chi connectivity index (χ2n) is 5.81. The monoisotopic (exact) mass is 258 g/mol. The van der Waals surface area contributed by atoms with Crippen molar-refractivity contribution < 1.29 is 14.7 Å². The number of carbonyl (C=O) groups excluding carboxylic acids is 1. The van der Waals surface area contributed by atoms with Gasteiger partial charge in [0.15, 0.2) is 0 Å². The second-order valence-corrected chi connectivity index (χ2v) is 5.81. The highest BCUT2D eigenvalue weighted by molar-refractivity contribution is 5.74.